The Kier molecular flexibility index (Phi) is 6.68. The van der Waals surface area contributed by atoms with Crippen molar-refractivity contribution in [2.24, 2.45) is 0 Å². The van der Waals surface area contributed by atoms with E-state index in [1.807, 2.05) is 18.5 Å². The van der Waals surface area contributed by atoms with Crippen molar-refractivity contribution in [3.05, 3.63) is 16.9 Å². The molecule has 0 amide bonds. The highest BCUT2D eigenvalue weighted by atomic mass is 35.5. The minimum absolute atomic E-state index is 0.0740. The molecule has 1 atom stereocenters. The van der Waals surface area contributed by atoms with Crippen LogP contribution in [0.1, 0.15) is 38.0 Å². The molecule has 1 N–H and O–H groups in total. The standard InChI is InChI=1S/C12H20ClF2N3O/c1-8(2)18-12(9(13)6-17-18)10(16-3)4-5-19-7-11(14)15/h6,8,10-11,16H,4-5,7H2,1-3H3. The Morgan fingerprint density at radius 2 is 2.16 bits per heavy atom. The number of hydrogen-bond acceptors (Lipinski definition) is 3. The van der Waals surface area contributed by atoms with E-state index in [9.17, 15) is 8.78 Å². The molecule has 1 unspecified atom stereocenters. The van der Waals surface area contributed by atoms with E-state index in [0.29, 0.717) is 11.4 Å². The molecule has 1 rings (SSSR count). The van der Waals surface area contributed by atoms with Crippen molar-refractivity contribution >= 4 is 11.6 Å². The molecule has 0 aliphatic heterocycles. The predicted molar refractivity (Wildman–Crippen MR) is 70.9 cm³/mol. The van der Waals surface area contributed by atoms with E-state index in [2.05, 4.69) is 10.4 Å². The van der Waals surface area contributed by atoms with Crippen LogP contribution in [0.5, 0.6) is 0 Å². The second kappa shape index (κ2) is 7.77. The van der Waals surface area contributed by atoms with E-state index in [1.54, 1.807) is 13.2 Å². The number of halogens is 3. The Labute approximate surface area is 117 Å². The third-order valence-electron chi connectivity index (χ3n) is 2.75. The first-order valence-electron chi connectivity index (χ1n) is 6.23. The summed E-state index contributed by atoms with van der Waals surface area (Å²) in [7, 11) is 1.80. The summed E-state index contributed by atoms with van der Waals surface area (Å²) in [5.41, 5.74) is 0.861. The van der Waals surface area contributed by atoms with Crippen molar-refractivity contribution in [2.45, 2.75) is 38.8 Å². The quantitative estimate of drug-likeness (QED) is 0.749. The zero-order chi connectivity index (χ0) is 14.4. The Balaban J connectivity index is 2.66. The van der Waals surface area contributed by atoms with Crippen LogP contribution in [0.2, 0.25) is 5.02 Å². The molecule has 0 aliphatic carbocycles. The summed E-state index contributed by atoms with van der Waals surface area (Å²) in [5.74, 6) is 0. The number of alkyl halides is 2. The molecular weight excluding hydrogens is 276 g/mol. The molecule has 7 heteroatoms. The first-order chi connectivity index (χ1) is 8.97. The van der Waals surface area contributed by atoms with Gasteiger partial charge < -0.3 is 10.1 Å². The first kappa shape index (κ1) is 16.3. The predicted octanol–water partition coefficient (Wildman–Crippen LogP) is 3.05. The van der Waals surface area contributed by atoms with Gasteiger partial charge in [-0.2, -0.15) is 5.10 Å². The number of nitrogens with zero attached hydrogens (tertiary/aromatic N) is 2. The molecule has 110 valence electrons. The zero-order valence-electron chi connectivity index (χ0n) is 11.4. The van der Waals surface area contributed by atoms with E-state index in [-0.39, 0.29) is 18.7 Å². The average Bonchev–Trinajstić information content (AvgIpc) is 2.71. The summed E-state index contributed by atoms with van der Waals surface area (Å²) in [6, 6.07) is 0.107. The van der Waals surface area contributed by atoms with Crippen LogP contribution in [0.15, 0.2) is 6.20 Å². The molecule has 0 aromatic carbocycles. The summed E-state index contributed by atoms with van der Waals surface area (Å²) >= 11 is 6.14. The highest BCUT2D eigenvalue weighted by Crippen LogP contribution is 2.27. The molecule has 0 aliphatic rings. The lowest BCUT2D eigenvalue weighted by molar-refractivity contribution is 0.0143. The van der Waals surface area contributed by atoms with E-state index in [1.165, 1.54) is 0 Å². The van der Waals surface area contributed by atoms with Gasteiger partial charge in [0.15, 0.2) is 0 Å². The van der Waals surface area contributed by atoms with Crippen molar-refractivity contribution in [3.63, 3.8) is 0 Å². The molecule has 0 saturated heterocycles. The molecule has 0 fully saturated rings. The summed E-state index contributed by atoms with van der Waals surface area (Å²) in [6.45, 7) is 3.72. The van der Waals surface area contributed by atoms with Gasteiger partial charge in [-0.15, -0.1) is 0 Å². The SMILES string of the molecule is CNC(CCOCC(F)F)c1c(Cl)cnn1C(C)C. The molecule has 1 aromatic heterocycles. The monoisotopic (exact) mass is 295 g/mol. The highest BCUT2D eigenvalue weighted by molar-refractivity contribution is 6.31. The van der Waals surface area contributed by atoms with Gasteiger partial charge >= 0.3 is 0 Å². The maximum Gasteiger partial charge on any atom is 0.261 e. The number of rotatable bonds is 8. The molecule has 1 aromatic rings. The molecule has 19 heavy (non-hydrogen) atoms. The van der Waals surface area contributed by atoms with Crippen LogP contribution >= 0.6 is 11.6 Å². The smallest absolute Gasteiger partial charge is 0.261 e. The van der Waals surface area contributed by atoms with Crippen molar-refractivity contribution in [1.82, 2.24) is 15.1 Å². The van der Waals surface area contributed by atoms with Crippen LogP contribution < -0.4 is 5.32 Å². The van der Waals surface area contributed by atoms with Crippen LogP contribution in [-0.4, -0.2) is 36.5 Å². The Hall–Kier alpha value is -0.720. The fourth-order valence-corrected chi connectivity index (χ4v) is 2.14. The third-order valence-corrected chi connectivity index (χ3v) is 3.04. The topological polar surface area (TPSA) is 39.1 Å². The van der Waals surface area contributed by atoms with Gasteiger partial charge in [0.05, 0.1) is 23.0 Å². The third kappa shape index (κ3) is 4.71. The van der Waals surface area contributed by atoms with Gasteiger partial charge in [-0.3, -0.25) is 4.68 Å². The number of nitrogens with one attached hydrogen (secondary N) is 1. The van der Waals surface area contributed by atoms with E-state index in [4.69, 9.17) is 16.3 Å². The lowest BCUT2D eigenvalue weighted by atomic mass is 10.1. The first-order valence-corrected chi connectivity index (χ1v) is 6.61. The molecule has 0 spiro atoms. The Morgan fingerprint density at radius 3 is 2.68 bits per heavy atom. The molecule has 1 heterocycles. The minimum Gasteiger partial charge on any atom is -0.375 e. The second-order valence-electron chi connectivity index (χ2n) is 4.51. The van der Waals surface area contributed by atoms with Gasteiger partial charge in [0, 0.05) is 12.6 Å². The maximum absolute atomic E-state index is 12.0. The van der Waals surface area contributed by atoms with Crippen LogP contribution in [0.4, 0.5) is 8.78 Å². The van der Waals surface area contributed by atoms with Gasteiger partial charge in [-0.25, -0.2) is 8.78 Å². The number of ether oxygens (including phenoxy) is 1. The van der Waals surface area contributed by atoms with Crippen LogP contribution in [0.25, 0.3) is 0 Å². The fourth-order valence-electron chi connectivity index (χ4n) is 1.88. The van der Waals surface area contributed by atoms with Crippen molar-refractivity contribution in [1.29, 1.82) is 0 Å². The summed E-state index contributed by atoms with van der Waals surface area (Å²) in [4.78, 5) is 0. The largest absolute Gasteiger partial charge is 0.375 e. The van der Waals surface area contributed by atoms with Crippen LogP contribution in [0, 0.1) is 0 Å². The van der Waals surface area contributed by atoms with Crippen molar-refractivity contribution in [2.75, 3.05) is 20.3 Å². The molecular formula is C12H20ClF2N3O. The second-order valence-corrected chi connectivity index (χ2v) is 4.92. The van der Waals surface area contributed by atoms with Crippen molar-refractivity contribution in [3.8, 4) is 0 Å². The number of aromatic nitrogens is 2. The minimum atomic E-state index is -2.43. The molecule has 0 bridgehead atoms. The summed E-state index contributed by atoms with van der Waals surface area (Å²) < 4.78 is 30.7. The van der Waals surface area contributed by atoms with E-state index >= 15 is 0 Å². The average molecular weight is 296 g/mol. The number of hydrogen-bond donors (Lipinski definition) is 1. The summed E-state index contributed by atoms with van der Waals surface area (Å²) in [6.07, 6.45) is -0.277. The van der Waals surface area contributed by atoms with Gasteiger partial charge in [0.1, 0.15) is 6.61 Å². The van der Waals surface area contributed by atoms with Crippen molar-refractivity contribution < 1.29 is 13.5 Å². The molecule has 0 saturated carbocycles. The summed E-state index contributed by atoms with van der Waals surface area (Å²) in [5, 5.41) is 7.91. The lowest BCUT2D eigenvalue weighted by Gasteiger charge is -2.20. The Morgan fingerprint density at radius 1 is 1.47 bits per heavy atom. The normalized spacial score (nSPS) is 13.5. The van der Waals surface area contributed by atoms with Crippen LogP contribution in [-0.2, 0) is 4.74 Å². The highest BCUT2D eigenvalue weighted by Gasteiger charge is 2.20. The lowest BCUT2D eigenvalue weighted by Crippen LogP contribution is -2.23. The van der Waals surface area contributed by atoms with E-state index < -0.39 is 13.0 Å². The van der Waals surface area contributed by atoms with Gasteiger partial charge in [-0.05, 0) is 27.3 Å². The fraction of sp³-hybridized carbons (Fsp3) is 0.750. The van der Waals surface area contributed by atoms with Gasteiger partial charge in [0.25, 0.3) is 6.43 Å². The Bertz CT molecular complexity index is 385. The molecule has 0 radical (unpaired) electrons. The molecule has 4 nitrogen and oxygen atoms in total. The van der Waals surface area contributed by atoms with Gasteiger partial charge in [0.2, 0.25) is 0 Å². The van der Waals surface area contributed by atoms with Gasteiger partial charge in [-0.1, -0.05) is 11.6 Å². The van der Waals surface area contributed by atoms with E-state index in [0.717, 1.165) is 5.69 Å². The van der Waals surface area contributed by atoms with Crippen LogP contribution in [0.3, 0.4) is 0 Å². The maximum atomic E-state index is 12.0. The zero-order valence-corrected chi connectivity index (χ0v) is 12.1.